The smallest absolute Gasteiger partial charge is 0.416 e. The second-order valence-corrected chi connectivity index (χ2v) is 9.29. The molecule has 0 unspecified atom stereocenters. The van der Waals surface area contributed by atoms with Gasteiger partial charge in [-0.3, -0.25) is 0 Å². The van der Waals surface area contributed by atoms with Crippen LogP contribution in [0.2, 0.25) is 0 Å². The van der Waals surface area contributed by atoms with Crippen molar-refractivity contribution in [3.8, 4) is 22.7 Å². The van der Waals surface area contributed by atoms with E-state index in [0.29, 0.717) is 33.6 Å². The van der Waals surface area contributed by atoms with Crippen LogP contribution in [0.5, 0.6) is 5.75 Å². The van der Waals surface area contributed by atoms with Gasteiger partial charge in [-0.05, 0) is 61.5 Å². The predicted molar refractivity (Wildman–Crippen MR) is 132 cm³/mol. The van der Waals surface area contributed by atoms with Crippen LogP contribution in [0.25, 0.3) is 16.9 Å². The molecule has 0 spiro atoms. The van der Waals surface area contributed by atoms with Gasteiger partial charge in [0, 0.05) is 33.9 Å². The van der Waals surface area contributed by atoms with Gasteiger partial charge in [0.1, 0.15) is 29.8 Å². The van der Waals surface area contributed by atoms with E-state index in [4.69, 9.17) is 4.74 Å². The topological polar surface area (TPSA) is 51.5 Å². The van der Waals surface area contributed by atoms with Crippen molar-refractivity contribution < 1.29 is 41.0 Å². The lowest BCUT2D eigenvalue weighted by Gasteiger charge is -2.18. The fourth-order valence-corrected chi connectivity index (χ4v) is 4.30. The number of alkyl halides is 3. The van der Waals surface area contributed by atoms with Gasteiger partial charge in [0.05, 0.1) is 22.4 Å². The van der Waals surface area contributed by atoms with Crippen LogP contribution in [0.3, 0.4) is 0 Å². The zero-order valence-electron chi connectivity index (χ0n) is 19.5. The van der Waals surface area contributed by atoms with Crippen molar-refractivity contribution in [3.05, 3.63) is 105 Å². The van der Waals surface area contributed by atoms with Gasteiger partial charge in [0.2, 0.25) is 0 Å². The summed E-state index contributed by atoms with van der Waals surface area (Å²) in [7, 11) is 0. The number of halogens is 7. The number of aromatic carboxylic acids is 1. The third-order valence-electron chi connectivity index (χ3n) is 5.75. The van der Waals surface area contributed by atoms with Gasteiger partial charge in [0.25, 0.3) is 0 Å². The van der Waals surface area contributed by atoms with Crippen molar-refractivity contribution in [2.24, 2.45) is 0 Å². The summed E-state index contributed by atoms with van der Waals surface area (Å²) in [6, 6.07) is 10.4. The molecule has 1 heterocycles. The third-order valence-corrected chi connectivity index (χ3v) is 6.25. The summed E-state index contributed by atoms with van der Waals surface area (Å²) < 4.78 is 90.7. The Hall–Kier alpha value is -3.73. The maximum Gasteiger partial charge on any atom is 0.416 e. The summed E-state index contributed by atoms with van der Waals surface area (Å²) >= 11 is 3.33. The maximum atomic E-state index is 14.4. The van der Waals surface area contributed by atoms with Crippen LogP contribution >= 0.6 is 15.9 Å². The number of allylic oxidation sites excluding steroid dienone is 4. The molecule has 0 bridgehead atoms. The SMILES string of the molecule is Cc1ccc(-c2cc(Br)ccc2OCC2=C(F)C=C(F)CC=C2F)n1-c1cc(C(=O)O)cc(C(F)(F)F)c1. The minimum atomic E-state index is -4.80. The molecule has 1 aliphatic carbocycles. The summed E-state index contributed by atoms with van der Waals surface area (Å²) in [5, 5.41) is 9.41. The lowest BCUT2D eigenvalue weighted by atomic mass is 10.1. The Labute approximate surface area is 221 Å². The molecule has 0 aliphatic heterocycles. The first kappa shape index (κ1) is 27.3. The monoisotopic (exact) mass is 597 g/mol. The Kier molecular flexibility index (Phi) is 7.59. The van der Waals surface area contributed by atoms with E-state index in [1.165, 1.54) is 10.6 Å². The lowest BCUT2D eigenvalue weighted by molar-refractivity contribution is -0.137. The highest BCUT2D eigenvalue weighted by atomic mass is 79.9. The van der Waals surface area contributed by atoms with E-state index in [9.17, 15) is 36.2 Å². The fourth-order valence-electron chi connectivity index (χ4n) is 3.94. The van der Waals surface area contributed by atoms with Gasteiger partial charge < -0.3 is 14.4 Å². The molecule has 2 aromatic carbocycles. The molecule has 0 radical (unpaired) electrons. The van der Waals surface area contributed by atoms with Crippen LogP contribution in [-0.4, -0.2) is 22.2 Å². The molecule has 4 rings (SSSR count). The van der Waals surface area contributed by atoms with E-state index >= 15 is 0 Å². The van der Waals surface area contributed by atoms with Gasteiger partial charge in [-0.1, -0.05) is 15.9 Å². The van der Waals surface area contributed by atoms with Crippen LogP contribution in [0.4, 0.5) is 26.3 Å². The third kappa shape index (κ3) is 5.72. The number of hydrogen-bond acceptors (Lipinski definition) is 2. The molecule has 0 amide bonds. The Balaban J connectivity index is 1.82. The van der Waals surface area contributed by atoms with E-state index in [1.807, 2.05) is 0 Å². The number of carboxylic acids is 1. The van der Waals surface area contributed by atoms with Crippen molar-refractivity contribution in [1.29, 1.82) is 0 Å². The lowest BCUT2D eigenvalue weighted by Crippen LogP contribution is -2.11. The van der Waals surface area contributed by atoms with Crippen molar-refractivity contribution in [1.82, 2.24) is 4.57 Å². The molecule has 1 aromatic heterocycles. The number of carbonyl (C=O) groups is 1. The first-order valence-electron chi connectivity index (χ1n) is 11.0. The molecule has 3 aromatic rings. The number of carboxylic acid groups (broad SMARTS) is 1. The molecular weight excluding hydrogens is 580 g/mol. The molecule has 11 heteroatoms. The number of aryl methyl sites for hydroxylation is 1. The quantitative estimate of drug-likeness (QED) is 0.289. The second kappa shape index (κ2) is 10.6. The van der Waals surface area contributed by atoms with Gasteiger partial charge in [0.15, 0.2) is 0 Å². The summed E-state index contributed by atoms with van der Waals surface area (Å²) in [6.07, 6.45) is -3.74. The van der Waals surface area contributed by atoms with E-state index in [0.717, 1.165) is 18.2 Å². The molecule has 38 heavy (non-hydrogen) atoms. The largest absolute Gasteiger partial charge is 0.488 e. The normalized spacial score (nSPS) is 14.2. The van der Waals surface area contributed by atoms with E-state index in [1.54, 1.807) is 31.2 Å². The first-order valence-corrected chi connectivity index (χ1v) is 11.8. The van der Waals surface area contributed by atoms with Crippen LogP contribution in [0.1, 0.15) is 28.0 Å². The average molecular weight is 598 g/mol. The van der Waals surface area contributed by atoms with E-state index in [2.05, 4.69) is 15.9 Å². The average Bonchev–Trinajstić information content (AvgIpc) is 3.18. The molecule has 1 N–H and O–H groups in total. The Morgan fingerprint density at radius 3 is 2.50 bits per heavy atom. The number of hydrogen-bond donors (Lipinski definition) is 1. The molecule has 0 fully saturated rings. The highest BCUT2D eigenvalue weighted by molar-refractivity contribution is 9.10. The number of benzene rings is 2. The molecule has 198 valence electrons. The molecule has 4 nitrogen and oxygen atoms in total. The van der Waals surface area contributed by atoms with Crippen LogP contribution in [0, 0.1) is 6.92 Å². The summed E-state index contributed by atoms with van der Waals surface area (Å²) in [4.78, 5) is 11.6. The standard InChI is InChI=1S/C27H18BrF6NO3/c1-14-2-6-24(35(14)19-9-15(26(36)37)8-16(10-19)27(32,33)34)20-11-17(28)3-7-25(20)38-13-21-22(30)5-4-18(29)12-23(21)31/h2-3,5-12H,4,13H2,1H3,(H,36,37). The first-order chi connectivity index (χ1) is 17.8. The molecule has 1 aliphatic rings. The van der Waals surface area contributed by atoms with Crippen LogP contribution < -0.4 is 4.74 Å². The van der Waals surface area contributed by atoms with Gasteiger partial charge in [-0.25, -0.2) is 18.0 Å². The second-order valence-electron chi connectivity index (χ2n) is 8.37. The van der Waals surface area contributed by atoms with Crippen molar-refractivity contribution in [3.63, 3.8) is 0 Å². The molecular formula is C27H18BrF6NO3. The Bertz CT molecular complexity index is 1520. The summed E-state index contributed by atoms with van der Waals surface area (Å²) in [6.45, 7) is 1.02. The minimum absolute atomic E-state index is 0.0623. The van der Waals surface area contributed by atoms with Gasteiger partial charge >= 0.3 is 12.1 Å². The zero-order chi connectivity index (χ0) is 27.8. The highest BCUT2D eigenvalue weighted by Gasteiger charge is 2.32. The fraction of sp³-hybridized carbons (Fsp3) is 0.148. The maximum absolute atomic E-state index is 14.4. The number of nitrogens with zero attached hydrogens (tertiary/aromatic N) is 1. The summed E-state index contributed by atoms with van der Waals surface area (Å²) in [5.74, 6) is -4.37. The van der Waals surface area contributed by atoms with E-state index in [-0.39, 0.29) is 11.4 Å². The number of ether oxygens (including phenoxy) is 1. The highest BCUT2D eigenvalue weighted by Crippen LogP contribution is 2.38. The summed E-state index contributed by atoms with van der Waals surface area (Å²) in [5.41, 5.74) is -1.12. The minimum Gasteiger partial charge on any atom is -0.488 e. The van der Waals surface area contributed by atoms with Crippen LogP contribution in [0.15, 0.2) is 88.2 Å². The van der Waals surface area contributed by atoms with Crippen molar-refractivity contribution >= 4 is 21.9 Å². The van der Waals surface area contributed by atoms with Crippen molar-refractivity contribution in [2.45, 2.75) is 19.5 Å². The Morgan fingerprint density at radius 2 is 1.82 bits per heavy atom. The van der Waals surface area contributed by atoms with E-state index < -0.39 is 59.4 Å². The Morgan fingerprint density at radius 1 is 1.08 bits per heavy atom. The molecule has 0 saturated carbocycles. The van der Waals surface area contributed by atoms with Gasteiger partial charge in [-0.15, -0.1) is 0 Å². The number of rotatable bonds is 6. The molecule has 0 atom stereocenters. The predicted octanol–water partition coefficient (Wildman–Crippen LogP) is 8.65. The number of aromatic nitrogens is 1. The van der Waals surface area contributed by atoms with Crippen LogP contribution in [-0.2, 0) is 6.18 Å². The van der Waals surface area contributed by atoms with Gasteiger partial charge in [-0.2, -0.15) is 13.2 Å². The zero-order valence-corrected chi connectivity index (χ0v) is 21.1. The molecule has 0 saturated heterocycles. The van der Waals surface area contributed by atoms with Crippen molar-refractivity contribution in [2.75, 3.05) is 6.61 Å².